The van der Waals surface area contributed by atoms with Gasteiger partial charge >= 0.3 is 6.09 Å². The maximum Gasteiger partial charge on any atom is 0.409 e. The predicted octanol–water partition coefficient (Wildman–Crippen LogP) is 1.71. The van der Waals surface area contributed by atoms with Gasteiger partial charge in [-0.1, -0.05) is 12.1 Å². The molecule has 3 rings (SSSR count). The predicted molar refractivity (Wildman–Crippen MR) is 97.0 cm³/mol. The molecule has 7 heteroatoms. The number of anilines is 1. The molecule has 26 heavy (non-hydrogen) atoms. The van der Waals surface area contributed by atoms with Gasteiger partial charge in [-0.05, 0) is 38.0 Å². The average molecular weight is 359 g/mol. The summed E-state index contributed by atoms with van der Waals surface area (Å²) >= 11 is 0. The van der Waals surface area contributed by atoms with Crippen molar-refractivity contribution in [3.63, 3.8) is 0 Å². The number of benzene rings is 1. The molecule has 1 atom stereocenters. The maximum atomic E-state index is 13.0. The number of carbonyl (C=O) groups excluding carboxylic acids is 3. The van der Waals surface area contributed by atoms with Crippen molar-refractivity contribution in [1.82, 2.24) is 9.80 Å². The van der Waals surface area contributed by atoms with Gasteiger partial charge in [-0.15, -0.1) is 0 Å². The number of hydrogen-bond acceptors (Lipinski definition) is 5. The van der Waals surface area contributed by atoms with Crippen LogP contribution in [0.15, 0.2) is 18.2 Å². The van der Waals surface area contributed by atoms with Crippen LogP contribution in [0.3, 0.4) is 0 Å². The van der Waals surface area contributed by atoms with E-state index in [1.54, 1.807) is 11.8 Å². The number of nitrogens with zero attached hydrogens (tertiary/aromatic N) is 3. The highest BCUT2D eigenvalue weighted by Gasteiger charge is 2.44. The SMILES string of the molecule is CCOC(=O)N1CCN([C@H]2CC(=O)N(c3cccc(C)c3C)C2=O)CC1. The van der Waals surface area contributed by atoms with Crippen LogP contribution in [0.2, 0.25) is 0 Å². The summed E-state index contributed by atoms with van der Waals surface area (Å²) in [5, 5.41) is 0. The summed E-state index contributed by atoms with van der Waals surface area (Å²) in [5.41, 5.74) is 2.67. The number of aryl methyl sites for hydroxylation is 1. The van der Waals surface area contributed by atoms with Crippen LogP contribution >= 0.6 is 0 Å². The standard InChI is InChI=1S/C19H25N3O4/c1-4-26-19(25)21-10-8-20(9-11-21)16-12-17(23)22(18(16)24)15-7-5-6-13(2)14(15)3/h5-7,16H,4,8-12H2,1-3H3/t16-/m0/s1. The van der Waals surface area contributed by atoms with E-state index < -0.39 is 6.04 Å². The second kappa shape index (κ2) is 7.45. The molecule has 140 valence electrons. The molecule has 7 nitrogen and oxygen atoms in total. The summed E-state index contributed by atoms with van der Waals surface area (Å²) in [5.74, 6) is -0.338. The Balaban J connectivity index is 1.70. The van der Waals surface area contributed by atoms with Crippen molar-refractivity contribution < 1.29 is 19.1 Å². The molecule has 3 amide bonds. The molecule has 0 N–H and O–H groups in total. The van der Waals surface area contributed by atoms with Crippen LogP contribution in [0, 0.1) is 13.8 Å². The van der Waals surface area contributed by atoms with Gasteiger partial charge in [-0.3, -0.25) is 14.5 Å². The van der Waals surface area contributed by atoms with Crippen molar-refractivity contribution in [1.29, 1.82) is 0 Å². The topological polar surface area (TPSA) is 70.2 Å². The number of amides is 3. The van der Waals surface area contributed by atoms with Crippen molar-refractivity contribution >= 4 is 23.6 Å². The summed E-state index contributed by atoms with van der Waals surface area (Å²) in [6.07, 6.45) is -0.135. The van der Waals surface area contributed by atoms with Gasteiger partial charge in [0, 0.05) is 26.2 Å². The number of rotatable bonds is 3. The van der Waals surface area contributed by atoms with Gasteiger partial charge in [-0.25, -0.2) is 9.69 Å². The molecule has 2 aliphatic heterocycles. The molecule has 0 bridgehead atoms. The Labute approximate surface area is 153 Å². The zero-order valence-corrected chi connectivity index (χ0v) is 15.5. The molecule has 2 heterocycles. The van der Waals surface area contributed by atoms with E-state index in [0.717, 1.165) is 11.1 Å². The van der Waals surface area contributed by atoms with Crippen LogP contribution in [0.1, 0.15) is 24.5 Å². The van der Waals surface area contributed by atoms with Crippen LogP contribution in [-0.4, -0.2) is 66.5 Å². The quantitative estimate of drug-likeness (QED) is 0.769. The van der Waals surface area contributed by atoms with Gasteiger partial charge in [0.25, 0.3) is 5.91 Å². The molecule has 1 aromatic rings. The molecule has 0 aromatic heterocycles. The molecule has 1 aromatic carbocycles. The van der Waals surface area contributed by atoms with E-state index in [9.17, 15) is 14.4 Å². The minimum Gasteiger partial charge on any atom is -0.450 e. The van der Waals surface area contributed by atoms with Gasteiger partial charge in [-0.2, -0.15) is 0 Å². The Morgan fingerprint density at radius 1 is 1.15 bits per heavy atom. The second-order valence-electron chi connectivity index (χ2n) is 6.73. The first kappa shape index (κ1) is 18.4. The Hall–Kier alpha value is -2.41. The van der Waals surface area contributed by atoms with Crippen LogP contribution < -0.4 is 4.90 Å². The Morgan fingerprint density at radius 2 is 1.85 bits per heavy atom. The number of ether oxygens (including phenoxy) is 1. The van der Waals surface area contributed by atoms with E-state index in [1.165, 1.54) is 4.90 Å². The first-order valence-electron chi connectivity index (χ1n) is 9.02. The molecule has 2 aliphatic rings. The summed E-state index contributed by atoms with van der Waals surface area (Å²) in [6.45, 7) is 8.14. The zero-order valence-electron chi connectivity index (χ0n) is 15.5. The summed E-state index contributed by atoms with van der Waals surface area (Å²) in [4.78, 5) is 42.3. The number of hydrogen-bond donors (Lipinski definition) is 0. The summed E-state index contributed by atoms with van der Waals surface area (Å²) in [7, 11) is 0. The van der Waals surface area contributed by atoms with Gasteiger partial charge < -0.3 is 9.64 Å². The molecule has 2 saturated heterocycles. The third kappa shape index (κ3) is 3.31. The number of imide groups is 1. The molecular formula is C19H25N3O4. The highest BCUT2D eigenvalue weighted by Crippen LogP contribution is 2.30. The lowest BCUT2D eigenvalue weighted by Crippen LogP contribution is -2.54. The van der Waals surface area contributed by atoms with E-state index in [4.69, 9.17) is 4.74 Å². The monoisotopic (exact) mass is 359 g/mol. The van der Waals surface area contributed by atoms with Crippen molar-refractivity contribution in [2.45, 2.75) is 33.2 Å². The summed E-state index contributed by atoms with van der Waals surface area (Å²) in [6, 6.07) is 5.20. The number of piperazine rings is 1. The molecule has 0 spiro atoms. The van der Waals surface area contributed by atoms with Crippen molar-refractivity contribution in [3.8, 4) is 0 Å². The fourth-order valence-corrected chi connectivity index (χ4v) is 3.56. The van der Waals surface area contributed by atoms with E-state index in [0.29, 0.717) is 38.5 Å². The molecule has 0 saturated carbocycles. The fraction of sp³-hybridized carbons (Fsp3) is 0.526. The van der Waals surface area contributed by atoms with E-state index in [1.807, 2.05) is 36.9 Å². The lowest BCUT2D eigenvalue weighted by atomic mass is 10.1. The molecule has 2 fully saturated rings. The minimum atomic E-state index is -0.452. The Bertz CT molecular complexity index is 725. The summed E-state index contributed by atoms with van der Waals surface area (Å²) < 4.78 is 5.02. The van der Waals surface area contributed by atoms with Crippen LogP contribution in [-0.2, 0) is 14.3 Å². The smallest absolute Gasteiger partial charge is 0.409 e. The van der Waals surface area contributed by atoms with E-state index in [-0.39, 0.29) is 24.3 Å². The lowest BCUT2D eigenvalue weighted by molar-refractivity contribution is -0.123. The highest BCUT2D eigenvalue weighted by molar-refractivity contribution is 6.22. The van der Waals surface area contributed by atoms with Crippen molar-refractivity contribution in [2.24, 2.45) is 0 Å². The Kier molecular flexibility index (Phi) is 5.27. The van der Waals surface area contributed by atoms with Gasteiger partial charge in [0.15, 0.2) is 0 Å². The zero-order chi connectivity index (χ0) is 18.8. The van der Waals surface area contributed by atoms with Gasteiger partial charge in [0.1, 0.15) is 0 Å². The van der Waals surface area contributed by atoms with Crippen molar-refractivity contribution in [2.75, 3.05) is 37.7 Å². The van der Waals surface area contributed by atoms with Gasteiger partial charge in [0.05, 0.1) is 24.8 Å². The minimum absolute atomic E-state index is 0.165. The maximum absolute atomic E-state index is 13.0. The molecule has 0 aliphatic carbocycles. The molecule has 0 radical (unpaired) electrons. The van der Waals surface area contributed by atoms with E-state index >= 15 is 0 Å². The highest BCUT2D eigenvalue weighted by atomic mass is 16.6. The van der Waals surface area contributed by atoms with Crippen LogP contribution in [0.4, 0.5) is 10.5 Å². The average Bonchev–Trinajstić information content (AvgIpc) is 2.92. The van der Waals surface area contributed by atoms with Crippen LogP contribution in [0.25, 0.3) is 0 Å². The first-order chi connectivity index (χ1) is 12.4. The van der Waals surface area contributed by atoms with Gasteiger partial charge in [0.2, 0.25) is 5.91 Å². The Morgan fingerprint density at radius 3 is 2.50 bits per heavy atom. The fourth-order valence-electron chi connectivity index (χ4n) is 3.56. The largest absolute Gasteiger partial charge is 0.450 e. The lowest BCUT2D eigenvalue weighted by Gasteiger charge is -2.36. The van der Waals surface area contributed by atoms with Crippen LogP contribution in [0.5, 0.6) is 0 Å². The third-order valence-corrected chi connectivity index (χ3v) is 5.22. The van der Waals surface area contributed by atoms with Crippen molar-refractivity contribution in [3.05, 3.63) is 29.3 Å². The molecular weight excluding hydrogens is 334 g/mol. The normalized spacial score (nSPS) is 21.4. The molecule has 0 unspecified atom stereocenters. The van der Waals surface area contributed by atoms with E-state index in [2.05, 4.69) is 0 Å². The first-order valence-corrected chi connectivity index (χ1v) is 9.02. The number of carbonyl (C=O) groups is 3. The second-order valence-corrected chi connectivity index (χ2v) is 6.73. The third-order valence-electron chi connectivity index (χ3n) is 5.22.